The van der Waals surface area contributed by atoms with Crippen molar-refractivity contribution in [1.82, 2.24) is 33.6 Å². The van der Waals surface area contributed by atoms with Gasteiger partial charge in [0.05, 0.1) is 19.6 Å². The van der Waals surface area contributed by atoms with E-state index in [2.05, 4.69) is 15.0 Å². The fraction of sp³-hybridized carbons (Fsp3) is 0.250. The topological polar surface area (TPSA) is 191 Å². The lowest BCUT2D eigenvalue weighted by atomic mass is 9.77. The Hall–Kier alpha value is -10.5. The van der Waals surface area contributed by atoms with Crippen LogP contribution < -0.4 is 5.48 Å². The minimum absolute atomic E-state index is 0.284. The highest BCUT2D eigenvalue weighted by Crippen LogP contribution is 2.48. The number of hydrogen-bond donors (Lipinski definition) is 3. The number of hydrogen-bond acceptors (Lipinski definition) is 10. The van der Waals surface area contributed by atoms with Gasteiger partial charge in [-0.2, -0.15) is 0 Å². The van der Waals surface area contributed by atoms with Gasteiger partial charge in [-0.15, -0.1) is 0 Å². The number of esters is 2. The smallest absolute Gasteiger partial charge is 0.320 e. The van der Waals surface area contributed by atoms with E-state index >= 15 is 0 Å². The van der Waals surface area contributed by atoms with Crippen molar-refractivity contribution in [2.75, 3.05) is 14.2 Å². The van der Waals surface area contributed by atoms with Crippen LogP contribution in [0.5, 0.6) is 0 Å². The maximum absolute atomic E-state index is 14.1. The van der Waals surface area contributed by atoms with Crippen molar-refractivity contribution in [3.05, 3.63) is 279 Å². The van der Waals surface area contributed by atoms with Crippen molar-refractivity contribution < 1.29 is 56.5 Å². The Labute approximate surface area is 546 Å². The van der Waals surface area contributed by atoms with Gasteiger partial charge in [-0.25, -0.2) is 38.0 Å². The third-order valence-corrected chi connectivity index (χ3v) is 19.3. The number of halogens is 4. The Kier molecular flexibility index (Phi) is 18.6. The van der Waals surface area contributed by atoms with Crippen LogP contribution in [0.15, 0.2) is 195 Å². The molecule has 4 aromatic carbocycles. The molecular formula is C76H71F4N7O8. The summed E-state index contributed by atoms with van der Waals surface area (Å²) < 4.78 is 71.7. The molecule has 15 nitrogen and oxygen atoms in total. The number of carboxylic acid groups (broad SMARTS) is 1. The first-order valence-corrected chi connectivity index (χ1v) is 31.1. The molecule has 3 N–H and O–H groups in total. The standard InChI is InChI=1S/C21H19FN2O2.C20H18FN3O2.C20H17FN2O2.C15H17FO2/c1-14-17(4-3-5-18(14)22)21(20(25)26-2)8-6-16(13-21)15-7-10-24-11-9-23-19(24)12-15;1-13-16(3-2-4-17(13)21)20(19(25)23-26)7-5-15(12-20)14-6-9-24-10-8-22-18(24)11-14;1-13-16(3-2-4-17(13)21)20(19(24)25)7-5-15(12-20)14-6-9-23-10-8-22-18(23)11-14;1-10-7-8-15(9-10,14(17)18-3)12-5-4-6-13(16)11(12)2/h3-5,7,9-13H,6,8H2,1-2H3;2-4,6,8-12,26H,5,7H2,1H3,(H,23,25);2-4,6,8-12H,5,7H2,1H3,(H,24,25);4-6,9H,7-8H2,1-3H3/t21-;2*20-;15-/m0000/s1. The lowest BCUT2D eigenvalue weighted by Crippen LogP contribution is -2.41. The first-order chi connectivity index (χ1) is 45.6. The van der Waals surface area contributed by atoms with Gasteiger partial charge in [0.2, 0.25) is 0 Å². The van der Waals surface area contributed by atoms with Crippen LogP contribution >= 0.6 is 0 Å². The maximum Gasteiger partial charge on any atom is 0.320 e. The summed E-state index contributed by atoms with van der Waals surface area (Å²) in [6, 6.07) is 30.9. The third-order valence-electron chi connectivity index (χ3n) is 19.3. The van der Waals surface area contributed by atoms with E-state index in [1.165, 1.54) is 38.5 Å². The van der Waals surface area contributed by atoms with Gasteiger partial charge < -0.3 is 27.8 Å². The zero-order chi connectivity index (χ0) is 67.6. The van der Waals surface area contributed by atoms with Crippen LogP contribution in [-0.2, 0) is 50.3 Å². The van der Waals surface area contributed by atoms with Gasteiger partial charge in [-0.05, 0) is 225 Å². The van der Waals surface area contributed by atoms with E-state index in [9.17, 15) is 47.1 Å². The van der Waals surface area contributed by atoms with Crippen molar-refractivity contribution >= 4 is 57.5 Å². The zero-order valence-corrected chi connectivity index (χ0v) is 53.6. The van der Waals surface area contributed by atoms with Gasteiger partial charge in [0.25, 0.3) is 5.91 Å². The van der Waals surface area contributed by atoms with Crippen LogP contribution in [0.4, 0.5) is 17.6 Å². The molecule has 19 heteroatoms. The van der Waals surface area contributed by atoms with Crippen LogP contribution in [0.1, 0.15) is 119 Å². The fourth-order valence-corrected chi connectivity index (χ4v) is 14.1. The molecule has 10 aromatic rings. The molecule has 14 rings (SSSR count). The Morgan fingerprint density at radius 1 is 0.442 bits per heavy atom. The molecule has 0 fully saturated rings. The van der Waals surface area contributed by atoms with Crippen molar-refractivity contribution in [3.63, 3.8) is 0 Å². The van der Waals surface area contributed by atoms with Crippen LogP contribution in [0.2, 0.25) is 0 Å². The van der Waals surface area contributed by atoms with Crippen molar-refractivity contribution in [2.45, 2.75) is 108 Å². The van der Waals surface area contributed by atoms with E-state index in [-0.39, 0.29) is 35.2 Å². The number of rotatable bonds is 11. The third kappa shape index (κ3) is 12.3. The number of aromatic nitrogens is 6. The number of benzene rings is 4. The fourth-order valence-electron chi connectivity index (χ4n) is 14.1. The molecular weight excluding hydrogens is 1210 g/mol. The van der Waals surface area contributed by atoms with Crippen molar-refractivity contribution in [2.24, 2.45) is 0 Å². The molecule has 0 saturated heterocycles. The molecule has 4 atom stereocenters. The summed E-state index contributed by atoms with van der Waals surface area (Å²) in [5.74, 6) is -3.51. The molecule has 6 aromatic heterocycles. The first kappa shape index (κ1) is 65.9. The Balaban J connectivity index is 0.000000130. The molecule has 0 spiro atoms. The summed E-state index contributed by atoms with van der Waals surface area (Å²) >= 11 is 0. The van der Waals surface area contributed by atoms with Crippen LogP contribution in [0.3, 0.4) is 0 Å². The number of fused-ring (bicyclic) bond motifs is 3. The van der Waals surface area contributed by atoms with E-state index < -0.39 is 33.5 Å². The maximum atomic E-state index is 14.1. The first-order valence-electron chi connectivity index (χ1n) is 31.1. The minimum atomic E-state index is -1.19. The van der Waals surface area contributed by atoms with Gasteiger partial charge in [-0.3, -0.25) is 24.4 Å². The number of aliphatic carboxylic acids is 1. The largest absolute Gasteiger partial charge is 0.480 e. The number of amides is 1. The summed E-state index contributed by atoms with van der Waals surface area (Å²) in [6.45, 7) is 8.69. The number of pyridine rings is 3. The van der Waals surface area contributed by atoms with E-state index in [0.717, 1.165) is 62.3 Å². The number of carbonyl (C=O) groups is 4. The molecule has 4 aliphatic rings. The molecule has 0 radical (unpaired) electrons. The Bertz CT molecular complexity index is 4630. The summed E-state index contributed by atoms with van der Waals surface area (Å²) in [5.41, 5.74) is 11.5. The number of carbonyl (C=O) groups excluding carboxylic acids is 3. The Morgan fingerprint density at radius 2 is 0.758 bits per heavy atom. The lowest BCUT2D eigenvalue weighted by Gasteiger charge is -2.27. The number of allylic oxidation sites excluding steroid dienone is 4. The molecule has 4 aliphatic carbocycles. The highest BCUT2D eigenvalue weighted by atomic mass is 19.1. The molecule has 0 aliphatic heterocycles. The zero-order valence-electron chi connectivity index (χ0n) is 53.6. The van der Waals surface area contributed by atoms with Gasteiger partial charge in [0, 0.05) is 55.8 Å². The monoisotopic (exact) mass is 1290 g/mol. The van der Waals surface area contributed by atoms with Crippen molar-refractivity contribution in [1.29, 1.82) is 0 Å². The van der Waals surface area contributed by atoms with E-state index in [1.807, 2.05) is 124 Å². The quantitative estimate of drug-likeness (QED) is 0.0367. The summed E-state index contributed by atoms with van der Waals surface area (Å²) in [7, 11) is 2.75. The predicted molar refractivity (Wildman–Crippen MR) is 353 cm³/mol. The lowest BCUT2D eigenvalue weighted by molar-refractivity contribution is -0.146. The van der Waals surface area contributed by atoms with E-state index in [1.54, 1.807) is 94.2 Å². The van der Waals surface area contributed by atoms with Crippen LogP contribution in [-0.4, -0.2) is 76.5 Å². The van der Waals surface area contributed by atoms with Gasteiger partial charge >= 0.3 is 17.9 Å². The number of methoxy groups -OCH3 is 2. The van der Waals surface area contributed by atoms with Gasteiger partial charge in [0.1, 0.15) is 56.5 Å². The molecule has 0 saturated carbocycles. The average molecular weight is 1290 g/mol. The summed E-state index contributed by atoms with van der Waals surface area (Å²) in [6.07, 6.45) is 28.9. The molecule has 486 valence electrons. The number of nitrogens with zero attached hydrogens (tertiary/aromatic N) is 6. The number of imidazole rings is 3. The highest BCUT2D eigenvalue weighted by molar-refractivity contribution is 5.95. The van der Waals surface area contributed by atoms with E-state index in [4.69, 9.17) is 9.47 Å². The summed E-state index contributed by atoms with van der Waals surface area (Å²) in [5, 5.41) is 19.3. The minimum Gasteiger partial charge on any atom is -0.480 e. The normalized spacial score (nSPS) is 20.3. The van der Waals surface area contributed by atoms with Crippen LogP contribution in [0.25, 0.3) is 33.7 Å². The second-order valence-corrected chi connectivity index (χ2v) is 24.6. The number of nitrogens with one attached hydrogen (secondary N) is 1. The molecule has 95 heavy (non-hydrogen) atoms. The second kappa shape index (κ2) is 26.8. The van der Waals surface area contributed by atoms with Gasteiger partial charge in [-0.1, -0.05) is 78.4 Å². The number of hydroxylamine groups is 1. The summed E-state index contributed by atoms with van der Waals surface area (Å²) in [4.78, 5) is 62.5. The molecule has 0 bridgehead atoms. The average Bonchev–Trinajstić information content (AvgIpc) is 1.68. The Morgan fingerprint density at radius 3 is 1.11 bits per heavy atom. The molecule has 6 heterocycles. The second-order valence-electron chi connectivity index (χ2n) is 24.6. The van der Waals surface area contributed by atoms with Crippen LogP contribution in [0, 0.1) is 51.0 Å². The SMILES string of the molecule is COC(=O)[C@]1(c2cccc(F)c2C)C=C(C)CC1.COC(=O)[C@]1(c2cccc(F)c2C)C=C(c2ccn3ccnc3c2)CC1.Cc1c(F)cccc1[C@@]1(C(=O)NO)C=C(c2ccn3ccnc3c2)CC1.Cc1c(F)cccc1[C@@]1(C(=O)O)C=C(c2ccn3ccnc3c2)CC1. The highest BCUT2D eigenvalue weighted by Gasteiger charge is 2.47. The molecule has 1 amide bonds. The van der Waals surface area contributed by atoms with E-state index in [0.29, 0.717) is 89.5 Å². The molecule has 0 unspecified atom stereocenters. The number of carboxylic acids is 1. The number of ether oxygens (including phenoxy) is 2. The predicted octanol–water partition coefficient (Wildman–Crippen LogP) is 14.7. The van der Waals surface area contributed by atoms with Gasteiger partial charge in [0.15, 0.2) is 0 Å². The van der Waals surface area contributed by atoms with Crippen molar-refractivity contribution in [3.8, 4) is 0 Å².